The summed E-state index contributed by atoms with van der Waals surface area (Å²) >= 11 is 0. The third-order valence-electron chi connectivity index (χ3n) is 3.91. The molecule has 3 heterocycles. The zero-order chi connectivity index (χ0) is 16.4. The van der Waals surface area contributed by atoms with E-state index in [1.54, 1.807) is 6.21 Å². The van der Waals surface area contributed by atoms with Crippen molar-refractivity contribution < 1.29 is 13.9 Å². The van der Waals surface area contributed by atoms with Crippen LogP contribution in [0.1, 0.15) is 18.4 Å². The highest BCUT2D eigenvalue weighted by Crippen LogP contribution is 2.32. The molecule has 1 N–H and O–H groups in total. The van der Waals surface area contributed by atoms with Gasteiger partial charge in [-0.3, -0.25) is 0 Å². The van der Waals surface area contributed by atoms with Crippen LogP contribution in [0.25, 0.3) is 0 Å². The lowest BCUT2D eigenvalue weighted by molar-refractivity contribution is 0.174. The fraction of sp³-hybridized carbons (Fsp3) is 0.312. The molecule has 0 aliphatic carbocycles. The molecule has 4 rings (SSSR count). The Labute approximate surface area is 138 Å². The van der Waals surface area contributed by atoms with Gasteiger partial charge in [-0.25, -0.2) is 14.8 Å². The van der Waals surface area contributed by atoms with Crippen LogP contribution < -0.4 is 19.8 Å². The zero-order valence-electron chi connectivity index (χ0n) is 12.9. The average Bonchev–Trinajstić information content (AvgIpc) is 3.27. The van der Waals surface area contributed by atoms with Gasteiger partial charge in [0.05, 0.1) is 12.4 Å². The topological polar surface area (TPSA) is 71.9 Å². The molecule has 2 aliphatic rings. The average molecular weight is 329 g/mol. The maximum atomic E-state index is 13.9. The molecule has 0 radical (unpaired) electrons. The van der Waals surface area contributed by atoms with E-state index >= 15 is 0 Å². The van der Waals surface area contributed by atoms with Crippen LogP contribution in [0.5, 0.6) is 11.5 Å². The number of anilines is 2. The van der Waals surface area contributed by atoms with Crippen molar-refractivity contribution in [3.63, 3.8) is 0 Å². The predicted octanol–water partition coefficient (Wildman–Crippen LogP) is 2.39. The maximum absolute atomic E-state index is 13.9. The van der Waals surface area contributed by atoms with Crippen LogP contribution in [0.4, 0.5) is 16.2 Å². The van der Waals surface area contributed by atoms with Gasteiger partial charge in [0.25, 0.3) is 0 Å². The Balaban J connectivity index is 1.46. The highest BCUT2D eigenvalue weighted by Gasteiger charge is 2.18. The Kier molecular flexibility index (Phi) is 3.86. The number of hydrogen-bond donors (Lipinski definition) is 1. The van der Waals surface area contributed by atoms with E-state index in [1.165, 1.54) is 6.20 Å². The molecular weight excluding hydrogens is 313 g/mol. The lowest BCUT2D eigenvalue weighted by Gasteiger charge is -2.16. The normalized spacial score (nSPS) is 16.1. The number of hydrogen-bond acceptors (Lipinski definition) is 7. The summed E-state index contributed by atoms with van der Waals surface area (Å²) in [5, 5.41) is 4.10. The molecule has 0 saturated carbocycles. The van der Waals surface area contributed by atoms with Gasteiger partial charge >= 0.3 is 0 Å². The third-order valence-corrected chi connectivity index (χ3v) is 3.91. The van der Waals surface area contributed by atoms with Gasteiger partial charge in [0, 0.05) is 13.1 Å². The number of nitrogens with zero attached hydrogens (tertiary/aromatic N) is 4. The first-order valence-corrected chi connectivity index (χ1v) is 7.76. The van der Waals surface area contributed by atoms with Crippen molar-refractivity contribution >= 4 is 18.0 Å². The first kappa shape index (κ1) is 14.7. The fourth-order valence-corrected chi connectivity index (χ4v) is 2.72. The van der Waals surface area contributed by atoms with Crippen molar-refractivity contribution in [2.24, 2.45) is 5.10 Å². The smallest absolute Gasteiger partial charge is 0.245 e. The highest BCUT2D eigenvalue weighted by atomic mass is 19.1. The number of nitrogens with one attached hydrogen (secondary N) is 1. The summed E-state index contributed by atoms with van der Waals surface area (Å²) in [4.78, 5) is 10.1. The molecule has 8 heteroatoms. The second-order valence-electron chi connectivity index (χ2n) is 5.54. The highest BCUT2D eigenvalue weighted by molar-refractivity contribution is 5.81. The summed E-state index contributed by atoms with van der Waals surface area (Å²) in [6.07, 6.45) is 4.88. The summed E-state index contributed by atoms with van der Waals surface area (Å²) in [7, 11) is 0. The van der Waals surface area contributed by atoms with E-state index < -0.39 is 5.82 Å². The predicted molar refractivity (Wildman–Crippen MR) is 87.2 cm³/mol. The molecule has 2 aliphatic heterocycles. The maximum Gasteiger partial charge on any atom is 0.245 e. The molecule has 1 aromatic heterocycles. The number of ether oxygens (including phenoxy) is 2. The number of rotatable bonds is 4. The minimum Gasteiger partial charge on any atom is -0.454 e. The molecule has 1 saturated heterocycles. The van der Waals surface area contributed by atoms with E-state index in [4.69, 9.17) is 9.47 Å². The van der Waals surface area contributed by atoms with Gasteiger partial charge in [-0.1, -0.05) is 0 Å². The standard InChI is InChI=1S/C16H16FN5O2/c17-12-9-18-16(20-15(12)22-5-1-2-6-22)21-19-8-11-3-4-13-14(7-11)24-10-23-13/h3-4,7-9H,1-2,5-6,10H2,(H,18,20,21)/b19-8+. The first-order valence-electron chi connectivity index (χ1n) is 7.76. The number of aromatic nitrogens is 2. The second-order valence-corrected chi connectivity index (χ2v) is 5.54. The summed E-state index contributed by atoms with van der Waals surface area (Å²) in [5.74, 6) is 1.58. The summed E-state index contributed by atoms with van der Waals surface area (Å²) in [5.41, 5.74) is 3.58. The molecular formula is C16H16FN5O2. The molecule has 0 amide bonds. The van der Waals surface area contributed by atoms with E-state index in [1.807, 2.05) is 23.1 Å². The molecule has 0 spiro atoms. The molecule has 24 heavy (non-hydrogen) atoms. The van der Waals surface area contributed by atoms with Crippen molar-refractivity contribution in [2.75, 3.05) is 30.2 Å². The Morgan fingerprint density at radius 2 is 2.04 bits per heavy atom. The molecule has 0 bridgehead atoms. The number of halogens is 1. The molecule has 2 aromatic rings. The summed E-state index contributed by atoms with van der Waals surface area (Å²) < 4.78 is 24.4. The van der Waals surface area contributed by atoms with Gasteiger partial charge in [0.15, 0.2) is 23.1 Å². The van der Waals surface area contributed by atoms with Crippen LogP contribution in [-0.4, -0.2) is 36.1 Å². The third kappa shape index (κ3) is 2.94. The van der Waals surface area contributed by atoms with Gasteiger partial charge in [-0.2, -0.15) is 10.1 Å². The van der Waals surface area contributed by atoms with Crippen molar-refractivity contribution in [2.45, 2.75) is 12.8 Å². The molecule has 1 aromatic carbocycles. The molecule has 0 unspecified atom stereocenters. The SMILES string of the molecule is Fc1cnc(N/N=C/c2ccc3c(c2)OCO3)nc1N1CCCC1. The van der Waals surface area contributed by atoms with Gasteiger partial charge < -0.3 is 14.4 Å². The van der Waals surface area contributed by atoms with Crippen LogP contribution in [0.2, 0.25) is 0 Å². The van der Waals surface area contributed by atoms with Gasteiger partial charge in [-0.15, -0.1) is 0 Å². The first-order chi connectivity index (χ1) is 11.8. The summed E-state index contributed by atoms with van der Waals surface area (Å²) in [6, 6.07) is 5.51. The minimum absolute atomic E-state index is 0.233. The Hall–Kier alpha value is -2.90. The minimum atomic E-state index is -0.415. The van der Waals surface area contributed by atoms with Crippen molar-refractivity contribution in [3.8, 4) is 11.5 Å². The van der Waals surface area contributed by atoms with Crippen molar-refractivity contribution in [1.82, 2.24) is 9.97 Å². The van der Waals surface area contributed by atoms with E-state index in [0.717, 1.165) is 37.2 Å². The molecule has 124 valence electrons. The zero-order valence-corrected chi connectivity index (χ0v) is 12.9. The number of hydrazone groups is 1. The van der Waals surface area contributed by atoms with E-state index in [-0.39, 0.29) is 12.7 Å². The van der Waals surface area contributed by atoms with E-state index in [2.05, 4.69) is 20.5 Å². The van der Waals surface area contributed by atoms with Gasteiger partial charge in [0.2, 0.25) is 12.7 Å². The quantitative estimate of drug-likeness (QED) is 0.686. The van der Waals surface area contributed by atoms with Crippen LogP contribution >= 0.6 is 0 Å². The van der Waals surface area contributed by atoms with Crippen LogP contribution in [-0.2, 0) is 0 Å². The van der Waals surface area contributed by atoms with E-state index in [0.29, 0.717) is 11.6 Å². The fourth-order valence-electron chi connectivity index (χ4n) is 2.72. The van der Waals surface area contributed by atoms with Crippen LogP contribution in [0.3, 0.4) is 0 Å². The Morgan fingerprint density at radius 1 is 1.21 bits per heavy atom. The largest absolute Gasteiger partial charge is 0.454 e. The molecule has 7 nitrogen and oxygen atoms in total. The monoisotopic (exact) mass is 329 g/mol. The van der Waals surface area contributed by atoms with Gasteiger partial charge in [0.1, 0.15) is 0 Å². The number of fused-ring (bicyclic) bond motifs is 1. The lowest BCUT2D eigenvalue weighted by Crippen LogP contribution is -2.21. The summed E-state index contributed by atoms with van der Waals surface area (Å²) in [6.45, 7) is 1.86. The lowest BCUT2D eigenvalue weighted by atomic mass is 10.2. The van der Waals surface area contributed by atoms with Crippen molar-refractivity contribution in [3.05, 3.63) is 35.8 Å². The number of benzene rings is 1. The van der Waals surface area contributed by atoms with Gasteiger partial charge in [-0.05, 0) is 36.6 Å². The Morgan fingerprint density at radius 3 is 2.92 bits per heavy atom. The second kappa shape index (κ2) is 6.31. The van der Waals surface area contributed by atoms with Crippen molar-refractivity contribution in [1.29, 1.82) is 0 Å². The molecule has 1 fully saturated rings. The van der Waals surface area contributed by atoms with Crippen LogP contribution in [0, 0.1) is 5.82 Å². The van der Waals surface area contributed by atoms with Crippen LogP contribution in [0.15, 0.2) is 29.5 Å². The Bertz CT molecular complexity index is 777. The molecule has 0 atom stereocenters. The van der Waals surface area contributed by atoms with E-state index in [9.17, 15) is 4.39 Å².